The first-order valence-electron chi connectivity index (χ1n) is 6.33. The van der Waals surface area contributed by atoms with E-state index in [-0.39, 0.29) is 13.2 Å². The standard InChI is InChI=1S/C13H21NO4S/c1-3-14(4-2)10-13(19(15,16)17)11-18-12-8-6-5-7-9-12/h5-9,13H,3-4,10-11H2,1-2H3,(H,15,16,17). The highest BCUT2D eigenvalue weighted by Crippen LogP contribution is 2.11. The minimum absolute atomic E-state index is 0.0562. The van der Waals surface area contributed by atoms with Crippen LogP contribution in [0.1, 0.15) is 13.8 Å². The molecule has 1 N–H and O–H groups in total. The third-order valence-corrected chi connectivity index (χ3v) is 4.08. The average Bonchev–Trinajstić information content (AvgIpc) is 2.39. The summed E-state index contributed by atoms with van der Waals surface area (Å²) >= 11 is 0. The lowest BCUT2D eigenvalue weighted by molar-refractivity contribution is 0.245. The molecule has 0 radical (unpaired) electrons. The second-order valence-electron chi connectivity index (χ2n) is 4.25. The molecule has 0 aromatic heterocycles. The van der Waals surface area contributed by atoms with Gasteiger partial charge in [-0.3, -0.25) is 4.55 Å². The molecule has 0 heterocycles. The third kappa shape index (κ3) is 5.59. The van der Waals surface area contributed by atoms with Gasteiger partial charge in [-0.25, -0.2) is 0 Å². The van der Waals surface area contributed by atoms with E-state index in [1.54, 1.807) is 12.1 Å². The van der Waals surface area contributed by atoms with Crippen LogP contribution in [0.2, 0.25) is 0 Å². The number of para-hydroxylation sites is 1. The second kappa shape index (κ2) is 7.47. The van der Waals surface area contributed by atoms with E-state index >= 15 is 0 Å². The molecule has 19 heavy (non-hydrogen) atoms. The van der Waals surface area contributed by atoms with E-state index in [0.29, 0.717) is 5.75 Å². The van der Waals surface area contributed by atoms with E-state index < -0.39 is 15.4 Å². The smallest absolute Gasteiger partial charge is 0.272 e. The van der Waals surface area contributed by atoms with Crippen molar-refractivity contribution in [2.45, 2.75) is 19.1 Å². The Morgan fingerprint density at radius 1 is 1.21 bits per heavy atom. The van der Waals surface area contributed by atoms with E-state index in [1.807, 2.05) is 36.9 Å². The average molecular weight is 287 g/mol. The summed E-state index contributed by atoms with van der Waals surface area (Å²) in [6.45, 7) is 5.56. The Balaban J connectivity index is 2.66. The molecule has 1 aromatic carbocycles. The monoisotopic (exact) mass is 287 g/mol. The molecule has 0 saturated carbocycles. The van der Waals surface area contributed by atoms with Crippen LogP contribution in [0, 0.1) is 0 Å². The lowest BCUT2D eigenvalue weighted by Gasteiger charge is -2.23. The first-order valence-corrected chi connectivity index (χ1v) is 7.84. The molecule has 1 unspecified atom stereocenters. The first kappa shape index (κ1) is 15.9. The van der Waals surface area contributed by atoms with Crippen molar-refractivity contribution in [2.75, 3.05) is 26.2 Å². The van der Waals surface area contributed by atoms with Gasteiger partial charge in [0, 0.05) is 6.54 Å². The van der Waals surface area contributed by atoms with E-state index in [0.717, 1.165) is 13.1 Å². The van der Waals surface area contributed by atoms with Gasteiger partial charge in [0.2, 0.25) is 0 Å². The minimum atomic E-state index is -4.12. The van der Waals surface area contributed by atoms with Gasteiger partial charge in [0.05, 0.1) is 0 Å². The fraction of sp³-hybridized carbons (Fsp3) is 0.538. The van der Waals surface area contributed by atoms with Gasteiger partial charge in [0.15, 0.2) is 0 Å². The van der Waals surface area contributed by atoms with Crippen LogP contribution in [0.25, 0.3) is 0 Å². The summed E-state index contributed by atoms with van der Waals surface area (Å²) in [4.78, 5) is 1.94. The second-order valence-corrected chi connectivity index (χ2v) is 5.94. The summed E-state index contributed by atoms with van der Waals surface area (Å²) in [7, 11) is -4.12. The van der Waals surface area contributed by atoms with Gasteiger partial charge in [-0.2, -0.15) is 8.42 Å². The maximum Gasteiger partial charge on any atom is 0.272 e. The molecule has 1 rings (SSSR count). The van der Waals surface area contributed by atoms with E-state index in [4.69, 9.17) is 4.74 Å². The van der Waals surface area contributed by atoms with E-state index in [9.17, 15) is 13.0 Å². The van der Waals surface area contributed by atoms with Gasteiger partial charge in [-0.05, 0) is 25.2 Å². The van der Waals surface area contributed by atoms with Crippen molar-refractivity contribution >= 4 is 10.1 Å². The number of hydrogen-bond donors (Lipinski definition) is 1. The Morgan fingerprint density at radius 2 is 1.79 bits per heavy atom. The summed E-state index contributed by atoms with van der Waals surface area (Å²) in [5.41, 5.74) is 0. The zero-order valence-corrected chi connectivity index (χ0v) is 12.1. The Bertz CT molecular complexity index is 457. The van der Waals surface area contributed by atoms with Gasteiger partial charge in [-0.1, -0.05) is 32.0 Å². The van der Waals surface area contributed by atoms with Crippen LogP contribution in [0.5, 0.6) is 5.75 Å². The first-order chi connectivity index (χ1) is 8.97. The highest BCUT2D eigenvalue weighted by molar-refractivity contribution is 7.86. The number of ether oxygens (including phenoxy) is 1. The van der Waals surface area contributed by atoms with Crippen LogP contribution in [-0.4, -0.2) is 49.4 Å². The van der Waals surface area contributed by atoms with Crippen molar-refractivity contribution in [3.05, 3.63) is 30.3 Å². The number of rotatable bonds is 8. The summed E-state index contributed by atoms with van der Waals surface area (Å²) in [6.07, 6.45) is 0. The normalized spacial score (nSPS) is 13.5. The predicted molar refractivity (Wildman–Crippen MR) is 75.1 cm³/mol. The molecule has 6 heteroatoms. The highest BCUT2D eigenvalue weighted by Gasteiger charge is 2.25. The molecule has 1 atom stereocenters. The molecule has 0 fully saturated rings. The Kier molecular flexibility index (Phi) is 6.27. The van der Waals surface area contributed by atoms with Crippen LogP contribution < -0.4 is 4.74 Å². The molecule has 0 aliphatic heterocycles. The van der Waals surface area contributed by atoms with Gasteiger partial charge >= 0.3 is 0 Å². The minimum Gasteiger partial charge on any atom is -0.492 e. The fourth-order valence-corrected chi connectivity index (χ4v) is 2.35. The van der Waals surface area contributed by atoms with Crippen molar-refractivity contribution in [1.29, 1.82) is 0 Å². The molecular weight excluding hydrogens is 266 g/mol. The van der Waals surface area contributed by atoms with Crippen LogP contribution in [0.3, 0.4) is 0 Å². The van der Waals surface area contributed by atoms with Gasteiger partial charge in [0.25, 0.3) is 10.1 Å². The van der Waals surface area contributed by atoms with Crippen LogP contribution >= 0.6 is 0 Å². The largest absolute Gasteiger partial charge is 0.492 e. The van der Waals surface area contributed by atoms with Crippen molar-refractivity contribution in [1.82, 2.24) is 4.90 Å². The number of nitrogens with zero attached hydrogens (tertiary/aromatic N) is 1. The van der Waals surface area contributed by atoms with Crippen molar-refractivity contribution < 1.29 is 17.7 Å². The highest BCUT2D eigenvalue weighted by atomic mass is 32.2. The molecular formula is C13H21NO4S. The molecule has 0 bridgehead atoms. The molecule has 108 valence electrons. The number of benzene rings is 1. The van der Waals surface area contributed by atoms with Crippen LogP contribution in [0.4, 0.5) is 0 Å². The Hall–Kier alpha value is -1.11. The van der Waals surface area contributed by atoms with Crippen molar-refractivity contribution in [2.24, 2.45) is 0 Å². The summed E-state index contributed by atoms with van der Waals surface area (Å²) in [5, 5.41) is -0.937. The Labute approximate surface area is 114 Å². The topological polar surface area (TPSA) is 66.8 Å². The lowest BCUT2D eigenvalue weighted by atomic mass is 10.3. The van der Waals surface area contributed by atoms with Gasteiger partial charge in [-0.15, -0.1) is 0 Å². The molecule has 1 aromatic rings. The third-order valence-electron chi connectivity index (χ3n) is 2.96. The maximum atomic E-state index is 11.4. The van der Waals surface area contributed by atoms with Gasteiger partial charge in [0.1, 0.15) is 17.6 Å². The zero-order valence-electron chi connectivity index (χ0n) is 11.3. The predicted octanol–water partition coefficient (Wildman–Crippen LogP) is 1.66. The van der Waals surface area contributed by atoms with Crippen LogP contribution in [-0.2, 0) is 10.1 Å². The summed E-state index contributed by atoms with van der Waals surface area (Å²) in [5.74, 6) is 0.593. The van der Waals surface area contributed by atoms with E-state index in [1.165, 1.54) is 0 Å². The molecule has 0 amide bonds. The number of hydrogen-bond acceptors (Lipinski definition) is 4. The van der Waals surface area contributed by atoms with E-state index in [2.05, 4.69) is 0 Å². The molecule has 0 aliphatic rings. The summed E-state index contributed by atoms with van der Waals surface area (Å²) in [6, 6.07) is 8.96. The quantitative estimate of drug-likeness (QED) is 0.737. The summed E-state index contributed by atoms with van der Waals surface area (Å²) < 4.78 is 37.4. The zero-order chi connectivity index (χ0) is 14.3. The Morgan fingerprint density at radius 3 is 2.26 bits per heavy atom. The van der Waals surface area contributed by atoms with Crippen molar-refractivity contribution in [3.8, 4) is 5.75 Å². The molecule has 5 nitrogen and oxygen atoms in total. The molecule has 0 spiro atoms. The lowest BCUT2D eigenvalue weighted by Crippen LogP contribution is -2.40. The molecule has 0 aliphatic carbocycles. The fourth-order valence-electron chi connectivity index (χ4n) is 1.71. The van der Waals surface area contributed by atoms with Crippen molar-refractivity contribution in [3.63, 3.8) is 0 Å². The van der Waals surface area contributed by atoms with Crippen LogP contribution in [0.15, 0.2) is 30.3 Å². The van der Waals surface area contributed by atoms with Gasteiger partial charge < -0.3 is 9.64 Å². The maximum absolute atomic E-state index is 11.4. The molecule has 0 saturated heterocycles. The SMILES string of the molecule is CCN(CC)CC(COc1ccccc1)S(=O)(=O)O.